The smallest absolute Gasteiger partial charge is 0.251 e. The van der Waals surface area contributed by atoms with Crippen LogP contribution in [-0.4, -0.2) is 18.4 Å². The fraction of sp³-hybridized carbons (Fsp3) is 0.176. The van der Waals surface area contributed by atoms with Gasteiger partial charge in [0, 0.05) is 10.6 Å². The first-order chi connectivity index (χ1) is 10.9. The van der Waals surface area contributed by atoms with Gasteiger partial charge >= 0.3 is 0 Å². The molecule has 0 aromatic heterocycles. The summed E-state index contributed by atoms with van der Waals surface area (Å²) in [7, 11) is 0. The highest BCUT2D eigenvalue weighted by molar-refractivity contribution is 6.30. The number of hydrogen-bond acceptors (Lipinski definition) is 2. The minimum absolute atomic E-state index is 0.0137. The zero-order valence-corrected chi connectivity index (χ0v) is 13.5. The zero-order valence-electron chi connectivity index (χ0n) is 12.7. The van der Waals surface area contributed by atoms with E-state index in [1.54, 1.807) is 12.1 Å². The van der Waals surface area contributed by atoms with Gasteiger partial charge in [-0.3, -0.25) is 9.59 Å². The molecular weight excluding hydrogens is 319 g/mol. The molecule has 120 valence electrons. The van der Waals surface area contributed by atoms with Gasteiger partial charge in [0.05, 0.1) is 12.2 Å². The Morgan fingerprint density at radius 1 is 1.09 bits per heavy atom. The third-order valence-corrected chi connectivity index (χ3v) is 3.62. The molecule has 2 aromatic rings. The van der Waals surface area contributed by atoms with Crippen LogP contribution < -0.4 is 10.6 Å². The van der Waals surface area contributed by atoms with Gasteiger partial charge in [-0.1, -0.05) is 17.7 Å². The number of aryl methyl sites for hydroxylation is 2. The Kier molecular flexibility index (Phi) is 5.34. The molecule has 6 heteroatoms. The highest BCUT2D eigenvalue weighted by Gasteiger charge is 2.11. The highest BCUT2D eigenvalue weighted by Crippen LogP contribution is 2.18. The van der Waals surface area contributed by atoms with Gasteiger partial charge in [0.1, 0.15) is 5.82 Å². The van der Waals surface area contributed by atoms with Gasteiger partial charge in [0.15, 0.2) is 0 Å². The van der Waals surface area contributed by atoms with E-state index in [9.17, 15) is 14.0 Å². The summed E-state index contributed by atoms with van der Waals surface area (Å²) in [4.78, 5) is 23.8. The van der Waals surface area contributed by atoms with E-state index >= 15 is 0 Å². The van der Waals surface area contributed by atoms with Crippen LogP contribution in [0.3, 0.4) is 0 Å². The van der Waals surface area contributed by atoms with Crippen LogP contribution in [0.25, 0.3) is 0 Å². The van der Waals surface area contributed by atoms with E-state index < -0.39 is 11.7 Å². The van der Waals surface area contributed by atoms with Crippen molar-refractivity contribution in [3.8, 4) is 0 Å². The molecular formula is C17H16ClFN2O2. The Bertz CT molecular complexity index is 762. The van der Waals surface area contributed by atoms with Crippen molar-refractivity contribution in [1.29, 1.82) is 0 Å². The van der Waals surface area contributed by atoms with Crippen molar-refractivity contribution in [2.75, 3.05) is 11.9 Å². The number of halogens is 2. The summed E-state index contributed by atoms with van der Waals surface area (Å²) in [5.74, 6) is -1.52. The standard InChI is InChI=1S/C17H16ClFN2O2/c1-10-3-4-12(7-11(10)2)17(23)20-9-16(22)21-15-6-5-13(18)8-14(15)19/h3-8H,9H2,1-2H3,(H,20,23)(H,21,22). The Labute approximate surface area is 138 Å². The number of nitrogens with one attached hydrogen (secondary N) is 2. The van der Waals surface area contributed by atoms with Crippen LogP contribution in [0, 0.1) is 19.7 Å². The fourth-order valence-electron chi connectivity index (χ4n) is 1.93. The summed E-state index contributed by atoms with van der Waals surface area (Å²) in [6.45, 7) is 3.60. The van der Waals surface area contributed by atoms with Gasteiger partial charge in [-0.2, -0.15) is 0 Å². The van der Waals surface area contributed by atoms with Gasteiger partial charge < -0.3 is 10.6 Å². The second-order valence-electron chi connectivity index (χ2n) is 5.15. The first kappa shape index (κ1) is 17.0. The predicted molar refractivity (Wildman–Crippen MR) is 88.3 cm³/mol. The Hall–Kier alpha value is -2.40. The van der Waals surface area contributed by atoms with Crippen molar-refractivity contribution < 1.29 is 14.0 Å². The number of rotatable bonds is 4. The first-order valence-corrected chi connectivity index (χ1v) is 7.35. The van der Waals surface area contributed by atoms with Crippen molar-refractivity contribution in [2.24, 2.45) is 0 Å². The second-order valence-corrected chi connectivity index (χ2v) is 5.59. The first-order valence-electron chi connectivity index (χ1n) is 6.97. The molecule has 0 heterocycles. The lowest BCUT2D eigenvalue weighted by Gasteiger charge is -2.09. The van der Waals surface area contributed by atoms with E-state index in [2.05, 4.69) is 10.6 Å². The molecule has 0 saturated carbocycles. The van der Waals surface area contributed by atoms with Crippen molar-refractivity contribution in [2.45, 2.75) is 13.8 Å². The molecule has 2 N–H and O–H groups in total. The van der Waals surface area contributed by atoms with Crippen molar-refractivity contribution >= 4 is 29.1 Å². The molecule has 4 nitrogen and oxygen atoms in total. The average molecular weight is 335 g/mol. The number of carbonyl (C=O) groups excluding carboxylic acids is 2. The maximum atomic E-state index is 13.6. The molecule has 0 fully saturated rings. The molecule has 0 aliphatic rings. The van der Waals surface area contributed by atoms with E-state index in [-0.39, 0.29) is 23.2 Å². The third-order valence-electron chi connectivity index (χ3n) is 3.38. The van der Waals surface area contributed by atoms with E-state index in [1.165, 1.54) is 12.1 Å². The van der Waals surface area contributed by atoms with E-state index in [1.807, 2.05) is 19.9 Å². The monoisotopic (exact) mass is 334 g/mol. The molecule has 0 saturated heterocycles. The SMILES string of the molecule is Cc1ccc(C(=O)NCC(=O)Nc2ccc(Cl)cc2F)cc1C. The molecule has 0 aliphatic carbocycles. The molecule has 0 bridgehead atoms. The van der Waals surface area contributed by atoms with Crippen LogP contribution in [0.15, 0.2) is 36.4 Å². The number of carbonyl (C=O) groups is 2. The van der Waals surface area contributed by atoms with E-state index in [4.69, 9.17) is 11.6 Å². The maximum absolute atomic E-state index is 13.6. The molecule has 2 amide bonds. The number of benzene rings is 2. The van der Waals surface area contributed by atoms with Crippen LogP contribution in [0.2, 0.25) is 5.02 Å². The van der Waals surface area contributed by atoms with E-state index in [0.717, 1.165) is 17.2 Å². The second kappa shape index (κ2) is 7.24. The highest BCUT2D eigenvalue weighted by atomic mass is 35.5. The summed E-state index contributed by atoms with van der Waals surface area (Å²) >= 11 is 5.64. The molecule has 2 rings (SSSR count). The Morgan fingerprint density at radius 3 is 2.48 bits per heavy atom. The third kappa shape index (κ3) is 4.53. The lowest BCUT2D eigenvalue weighted by atomic mass is 10.1. The van der Waals surface area contributed by atoms with Crippen LogP contribution in [-0.2, 0) is 4.79 Å². The van der Waals surface area contributed by atoms with Crippen LogP contribution in [0.4, 0.5) is 10.1 Å². The lowest BCUT2D eigenvalue weighted by Crippen LogP contribution is -2.33. The average Bonchev–Trinajstić information content (AvgIpc) is 2.50. The van der Waals surface area contributed by atoms with Crippen LogP contribution >= 0.6 is 11.6 Å². The van der Waals surface area contributed by atoms with Gasteiger partial charge in [0.2, 0.25) is 5.91 Å². The summed E-state index contributed by atoms with van der Waals surface area (Å²) in [5, 5.41) is 5.11. The predicted octanol–water partition coefficient (Wildman–Crippen LogP) is 3.46. The van der Waals surface area contributed by atoms with Gasteiger partial charge in [-0.15, -0.1) is 0 Å². The Morgan fingerprint density at radius 2 is 1.83 bits per heavy atom. The largest absolute Gasteiger partial charge is 0.343 e. The van der Waals surface area contributed by atoms with Crippen LogP contribution in [0.1, 0.15) is 21.5 Å². The van der Waals surface area contributed by atoms with Crippen LogP contribution in [0.5, 0.6) is 0 Å². The Balaban J connectivity index is 1.93. The molecule has 0 radical (unpaired) electrons. The topological polar surface area (TPSA) is 58.2 Å². The molecule has 23 heavy (non-hydrogen) atoms. The lowest BCUT2D eigenvalue weighted by molar-refractivity contribution is -0.115. The molecule has 2 aromatic carbocycles. The van der Waals surface area contributed by atoms with Crippen molar-refractivity contribution in [1.82, 2.24) is 5.32 Å². The minimum Gasteiger partial charge on any atom is -0.343 e. The summed E-state index contributed by atoms with van der Waals surface area (Å²) < 4.78 is 13.6. The fourth-order valence-corrected chi connectivity index (χ4v) is 2.09. The molecule has 0 atom stereocenters. The van der Waals surface area contributed by atoms with Crippen molar-refractivity contribution in [3.05, 3.63) is 63.9 Å². The van der Waals surface area contributed by atoms with Gasteiger partial charge in [-0.25, -0.2) is 4.39 Å². The molecule has 0 spiro atoms. The van der Waals surface area contributed by atoms with Crippen molar-refractivity contribution in [3.63, 3.8) is 0 Å². The summed E-state index contributed by atoms with van der Waals surface area (Å²) in [6.07, 6.45) is 0. The van der Waals surface area contributed by atoms with E-state index in [0.29, 0.717) is 5.56 Å². The normalized spacial score (nSPS) is 10.3. The summed E-state index contributed by atoms with van der Waals surface area (Å²) in [5.41, 5.74) is 2.56. The molecule has 0 unspecified atom stereocenters. The van der Waals surface area contributed by atoms with Gasteiger partial charge in [0.25, 0.3) is 5.91 Å². The quantitative estimate of drug-likeness (QED) is 0.899. The maximum Gasteiger partial charge on any atom is 0.251 e. The number of anilines is 1. The minimum atomic E-state index is -0.633. The number of hydrogen-bond donors (Lipinski definition) is 2. The zero-order chi connectivity index (χ0) is 17.0. The van der Waals surface area contributed by atoms with Gasteiger partial charge in [-0.05, 0) is 55.3 Å². The summed E-state index contributed by atoms with van der Waals surface area (Å²) in [6, 6.07) is 9.21. The molecule has 0 aliphatic heterocycles. The number of amides is 2.